The first kappa shape index (κ1) is 14.0. The Bertz CT molecular complexity index is 622. The van der Waals surface area contributed by atoms with Crippen molar-refractivity contribution in [2.75, 3.05) is 6.54 Å². The molecular formula is C12H14N2O3S2. The molecule has 1 heterocycles. The number of benzene rings is 1. The molecule has 1 atom stereocenters. The number of hydrogen-bond donors (Lipinski definition) is 2. The number of phenols is 1. The van der Waals surface area contributed by atoms with Gasteiger partial charge < -0.3 is 5.11 Å². The fourth-order valence-electron chi connectivity index (χ4n) is 1.51. The van der Waals surface area contributed by atoms with Crippen molar-refractivity contribution in [1.82, 2.24) is 9.71 Å². The first-order valence-corrected chi connectivity index (χ1v) is 8.03. The van der Waals surface area contributed by atoms with E-state index in [-0.39, 0.29) is 23.1 Å². The molecule has 0 saturated heterocycles. The second-order valence-electron chi connectivity index (χ2n) is 4.12. The summed E-state index contributed by atoms with van der Waals surface area (Å²) < 4.78 is 26.6. The van der Waals surface area contributed by atoms with Gasteiger partial charge in [0.25, 0.3) is 0 Å². The van der Waals surface area contributed by atoms with E-state index in [0.29, 0.717) is 0 Å². The van der Waals surface area contributed by atoms with Gasteiger partial charge in [-0.2, -0.15) is 0 Å². The van der Waals surface area contributed by atoms with E-state index in [1.807, 2.05) is 12.3 Å². The van der Waals surface area contributed by atoms with Gasteiger partial charge in [-0.3, -0.25) is 0 Å². The highest BCUT2D eigenvalue weighted by molar-refractivity contribution is 7.89. The van der Waals surface area contributed by atoms with Crippen molar-refractivity contribution >= 4 is 21.4 Å². The molecule has 0 aliphatic rings. The van der Waals surface area contributed by atoms with Crippen LogP contribution in [0, 0.1) is 0 Å². The van der Waals surface area contributed by atoms with Crippen molar-refractivity contribution in [3.05, 3.63) is 40.8 Å². The number of aromatic nitrogens is 1. The number of hydrogen-bond acceptors (Lipinski definition) is 5. The van der Waals surface area contributed by atoms with Gasteiger partial charge in [-0.15, -0.1) is 11.3 Å². The van der Waals surface area contributed by atoms with Gasteiger partial charge in [0.2, 0.25) is 10.0 Å². The topological polar surface area (TPSA) is 79.3 Å². The Morgan fingerprint density at radius 2 is 2.05 bits per heavy atom. The molecule has 0 aliphatic heterocycles. The summed E-state index contributed by atoms with van der Waals surface area (Å²) in [6.07, 6.45) is 1.70. The zero-order valence-electron chi connectivity index (χ0n) is 10.3. The molecule has 2 aromatic rings. The highest BCUT2D eigenvalue weighted by Crippen LogP contribution is 2.18. The molecule has 0 fully saturated rings. The van der Waals surface area contributed by atoms with Crippen molar-refractivity contribution < 1.29 is 13.5 Å². The third-order valence-corrected chi connectivity index (χ3v) is 5.05. The van der Waals surface area contributed by atoms with Crippen LogP contribution in [0.25, 0.3) is 0 Å². The summed E-state index contributed by atoms with van der Waals surface area (Å²) in [6, 6.07) is 5.43. The SMILES string of the molecule is CC(CNS(=O)(=O)c1ccc(O)cc1)c1nccs1. The van der Waals surface area contributed by atoms with E-state index in [1.165, 1.54) is 35.6 Å². The molecule has 1 unspecified atom stereocenters. The molecule has 0 aliphatic carbocycles. The third-order valence-electron chi connectivity index (χ3n) is 2.60. The van der Waals surface area contributed by atoms with Crippen LogP contribution in [0.15, 0.2) is 40.7 Å². The van der Waals surface area contributed by atoms with Crippen molar-refractivity contribution in [2.45, 2.75) is 17.7 Å². The molecule has 0 saturated carbocycles. The number of rotatable bonds is 5. The molecule has 0 spiro atoms. The summed E-state index contributed by atoms with van der Waals surface area (Å²) in [4.78, 5) is 4.29. The van der Waals surface area contributed by atoms with Gasteiger partial charge in [-0.1, -0.05) is 6.92 Å². The summed E-state index contributed by atoms with van der Waals surface area (Å²) in [5.41, 5.74) is 0. The maximum Gasteiger partial charge on any atom is 0.240 e. The van der Waals surface area contributed by atoms with Crippen LogP contribution in [0.4, 0.5) is 0 Å². The van der Waals surface area contributed by atoms with Gasteiger partial charge >= 0.3 is 0 Å². The van der Waals surface area contributed by atoms with Crippen LogP contribution >= 0.6 is 11.3 Å². The molecule has 19 heavy (non-hydrogen) atoms. The van der Waals surface area contributed by atoms with Crippen LogP contribution < -0.4 is 4.72 Å². The maximum atomic E-state index is 12.0. The Labute approximate surface area is 116 Å². The normalized spacial score (nSPS) is 13.3. The van der Waals surface area contributed by atoms with E-state index in [1.54, 1.807) is 6.20 Å². The molecule has 2 N–H and O–H groups in total. The van der Waals surface area contributed by atoms with E-state index in [4.69, 9.17) is 5.11 Å². The van der Waals surface area contributed by atoms with Gasteiger partial charge in [0.05, 0.1) is 9.90 Å². The number of thiazole rings is 1. The van der Waals surface area contributed by atoms with E-state index >= 15 is 0 Å². The summed E-state index contributed by atoms with van der Waals surface area (Å²) >= 11 is 1.50. The molecule has 102 valence electrons. The van der Waals surface area contributed by atoms with Crippen LogP contribution in [0.2, 0.25) is 0 Å². The van der Waals surface area contributed by atoms with Gasteiger partial charge in [-0.25, -0.2) is 18.1 Å². The standard InChI is InChI=1S/C12H14N2O3S2/c1-9(12-13-6-7-18-12)8-14-19(16,17)11-4-2-10(15)3-5-11/h2-7,9,14-15H,8H2,1H3. The number of nitrogens with one attached hydrogen (secondary N) is 1. The smallest absolute Gasteiger partial charge is 0.240 e. The van der Waals surface area contributed by atoms with E-state index in [2.05, 4.69) is 9.71 Å². The van der Waals surface area contributed by atoms with Crippen LogP contribution in [0.5, 0.6) is 5.75 Å². The Morgan fingerprint density at radius 1 is 1.37 bits per heavy atom. The lowest BCUT2D eigenvalue weighted by Crippen LogP contribution is -2.27. The predicted molar refractivity (Wildman–Crippen MR) is 73.8 cm³/mol. The summed E-state index contributed by atoms with van der Waals surface area (Å²) in [6.45, 7) is 2.20. The molecular weight excluding hydrogens is 284 g/mol. The molecule has 1 aromatic carbocycles. The van der Waals surface area contributed by atoms with Gasteiger partial charge in [-0.05, 0) is 24.3 Å². The molecule has 0 amide bonds. The fraction of sp³-hybridized carbons (Fsp3) is 0.250. The minimum Gasteiger partial charge on any atom is -0.508 e. The second kappa shape index (κ2) is 5.68. The largest absolute Gasteiger partial charge is 0.508 e. The fourth-order valence-corrected chi connectivity index (χ4v) is 3.34. The number of nitrogens with zero attached hydrogens (tertiary/aromatic N) is 1. The zero-order chi connectivity index (χ0) is 13.9. The first-order chi connectivity index (χ1) is 8.99. The lowest BCUT2D eigenvalue weighted by atomic mass is 10.2. The third kappa shape index (κ3) is 3.52. The first-order valence-electron chi connectivity index (χ1n) is 5.67. The quantitative estimate of drug-likeness (QED) is 0.884. The predicted octanol–water partition coefficient (Wildman–Crippen LogP) is 1.93. The average Bonchev–Trinajstić information content (AvgIpc) is 2.90. The van der Waals surface area contributed by atoms with Crippen molar-refractivity contribution in [1.29, 1.82) is 0 Å². The monoisotopic (exact) mass is 298 g/mol. The lowest BCUT2D eigenvalue weighted by Gasteiger charge is -2.10. The zero-order valence-corrected chi connectivity index (χ0v) is 11.9. The molecule has 0 radical (unpaired) electrons. The Kier molecular flexibility index (Phi) is 4.18. The average molecular weight is 298 g/mol. The van der Waals surface area contributed by atoms with Gasteiger partial charge in [0, 0.05) is 24.0 Å². The van der Waals surface area contributed by atoms with Crippen LogP contribution in [0.3, 0.4) is 0 Å². The van der Waals surface area contributed by atoms with E-state index < -0.39 is 10.0 Å². The van der Waals surface area contributed by atoms with Crippen LogP contribution in [-0.2, 0) is 10.0 Å². The summed E-state index contributed by atoms with van der Waals surface area (Å²) in [5, 5.41) is 11.9. The molecule has 1 aromatic heterocycles. The maximum absolute atomic E-state index is 12.0. The molecule has 5 nitrogen and oxygen atoms in total. The van der Waals surface area contributed by atoms with E-state index in [9.17, 15) is 8.42 Å². The summed E-state index contributed by atoms with van der Waals surface area (Å²) in [5.74, 6) is 0.0574. The molecule has 0 bridgehead atoms. The minimum atomic E-state index is -3.55. The molecule has 7 heteroatoms. The number of phenolic OH excluding ortho intramolecular Hbond substituents is 1. The van der Waals surface area contributed by atoms with Crippen molar-refractivity contribution in [3.8, 4) is 5.75 Å². The van der Waals surface area contributed by atoms with Gasteiger partial charge in [0.1, 0.15) is 5.75 Å². The summed E-state index contributed by atoms with van der Waals surface area (Å²) in [7, 11) is -3.55. The van der Waals surface area contributed by atoms with Crippen LogP contribution in [-0.4, -0.2) is 25.1 Å². The van der Waals surface area contributed by atoms with Gasteiger partial charge in [0.15, 0.2) is 0 Å². The van der Waals surface area contributed by atoms with Crippen molar-refractivity contribution in [2.24, 2.45) is 0 Å². The Balaban J connectivity index is 2.04. The Morgan fingerprint density at radius 3 is 2.63 bits per heavy atom. The lowest BCUT2D eigenvalue weighted by molar-refractivity contribution is 0.474. The molecule has 2 rings (SSSR count). The Hall–Kier alpha value is -1.44. The highest BCUT2D eigenvalue weighted by atomic mass is 32.2. The number of aromatic hydroxyl groups is 1. The second-order valence-corrected chi connectivity index (χ2v) is 6.81. The van der Waals surface area contributed by atoms with E-state index in [0.717, 1.165) is 5.01 Å². The van der Waals surface area contributed by atoms with Crippen molar-refractivity contribution in [3.63, 3.8) is 0 Å². The minimum absolute atomic E-state index is 0.0203. The number of sulfonamides is 1. The highest BCUT2D eigenvalue weighted by Gasteiger charge is 2.16. The van der Waals surface area contributed by atoms with Crippen LogP contribution in [0.1, 0.15) is 17.8 Å².